The zero-order valence-corrected chi connectivity index (χ0v) is 16.4. The van der Waals surface area contributed by atoms with Gasteiger partial charge < -0.3 is 19.5 Å². The molecule has 2 heterocycles. The van der Waals surface area contributed by atoms with E-state index in [2.05, 4.69) is 10.3 Å². The predicted octanol–water partition coefficient (Wildman–Crippen LogP) is 3.41. The van der Waals surface area contributed by atoms with Crippen molar-refractivity contribution in [2.45, 2.75) is 52.3 Å². The van der Waals surface area contributed by atoms with Crippen molar-refractivity contribution in [3.63, 3.8) is 0 Å². The molecule has 0 bridgehead atoms. The normalized spacial score (nSPS) is 19.0. The van der Waals surface area contributed by atoms with Crippen LogP contribution in [0.1, 0.15) is 45.7 Å². The molecule has 1 aliphatic rings. The lowest BCUT2D eigenvalue weighted by atomic mass is 9.90. The summed E-state index contributed by atoms with van der Waals surface area (Å²) in [6.07, 6.45) is 3.52. The molecular weight excluding hydrogens is 344 g/mol. The molecule has 0 aliphatic carbocycles. The van der Waals surface area contributed by atoms with Crippen molar-refractivity contribution >= 4 is 17.7 Å². The third kappa shape index (κ3) is 3.82. The number of nitrogens with one attached hydrogen (secondary N) is 1. The third-order valence-electron chi connectivity index (χ3n) is 4.77. The van der Waals surface area contributed by atoms with Gasteiger partial charge in [-0.25, -0.2) is 9.78 Å². The number of hydrogen-bond acceptors (Lipinski definition) is 4. The molecule has 1 aromatic heterocycles. The summed E-state index contributed by atoms with van der Waals surface area (Å²) >= 11 is 0. The lowest BCUT2D eigenvalue weighted by Crippen LogP contribution is -2.45. The van der Waals surface area contributed by atoms with Gasteiger partial charge in [0, 0.05) is 31.3 Å². The Hall–Kier alpha value is -2.83. The smallest absolute Gasteiger partial charge is 0.407 e. The predicted molar refractivity (Wildman–Crippen MR) is 103 cm³/mol. The van der Waals surface area contributed by atoms with Gasteiger partial charge in [-0.1, -0.05) is 6.07 Å². The number of carbonyl (C=O) groups is 2. The molecule has 1 aliphatic heterocycles. The SMILES string of the molecule is CC(=O)N1c2ccc(-c3cncn3C)cc2[C@H](NC(=O)OC(C)C)C[C@@H]1C. The molecule has 2 amide bonds. The number of anilines is 1. The number of alkyl carbamates (subject to hydrolysis) is 1. The highest BCUT2D eigenvalue weighted by molar-refractivity contribution is 5.94. The second kappa shape index (κ2) is 7.42. The number of aryl methyl sites for hydroxylation is 1. The first-order valence-electron chi connectivity index (χ1n) is 9.15. The van der Waals surface area contributed by atoms with Crippen molar-refractivity contribution in [2.24, 2.45) is 7.05 Å². The Kier molecular flexibility index (Phi) is 5.21. The Morgan fingerprint density at radius 2 is 2.07 bits per heavy atom. The number of hydrogen-bond donors (Lipinski definition) is 1. The van der Waals surface area contributed by atoms with Crippen molar-refractivity contribution in [1.29, 1.82) is 0 Å². The number of benzene rings is 1. The second-order valence-electron chi connectivity index (χ2n) is 7.29. The van der Waals surface area contributed by atoms with Crippen molar-refractivity contribution in [3.8, 4) is 11.3 Å². The van der Waals surface area contributed by atoms with E-state index in [1.807, 2.05) is 50.6 Å². The van der Waals surface area contributed by atoms with Crippen LogP contribution in [0.4, 0.5) is 10.5 Å². The fraction of sp³-hybridized carbons (Fsp3) is 0.450. The van der Waals surface area contributed by atoms with Crippen LogP contribution in [0.2, 0.25) is 0 Å². The van der Waals surface area contributed by atoms with Gasteiger partial charge in [-0.15, -0.1) is 0 Å². The summed E-state index contributed by atoms with van der Waals surface area (Å²) < 4.78 is 7.19. The minimum atomic E-state index is -0.449. The van der Waals surface area contributed by atoms with Crippen molar-refractivity contribution < 1.29 is 14.3 Å². The van der Waals surface area contributed by atoms with Crippen LogP contribution in [0.3, 0.4) is 0 Å². The van der Waals surface area contributed by atoms with Gasteiger partial charge in [-0.05, 0) is 44.9 Å². The summed E-state index contributed by atoms with van der Waals surface area (Å²) in [6, 6.07) is 5.69. The summed E-state index contributed by atoms with van der Waals surface area (Å²) in [5, 5.41) is 2.96. The molecule has 1 N–H and O–H groups in total. The van der Waals surface area contributed by atoms with Crippen molar-refractivity contribution in [1.82, 2.24) is 14.9 Å². The maximum absolute atomic E-state index is 12.2. The highest BCUT2D eigenvalue weighted by atomic mass is 16.6. The van der Waals surface area contributed by atoms with Crippen LogP contribution in [0.15, 0.2) is 30.7 Å². The number of amides is 2. The van der Waals surface area contributed by atoms with Crippen LogP contribution >= 0.6 is 0 Å². The van der Waals surface area contributed by atoms with Crippen LogP contribution in [0, 0.1) is 0 Å². The van der Waals surface area contributed by atoms with Crippen molar-refractivity contribution in [3.05, 3.63) is 36.3 Å². The molecule has 0 saturated carbocycles. The van der Waals surface area contributed by atoms with Crippen LogP contribution in [-0.2, 0) is 16.6 Å². The van der Waals surface area contributed by atoms with Gasteiger partial charge in [0.25, 0.3) is 0 Å². The van der Waals surface area contributed by atoms with E-state index in [1.54, 1.807) is 24.3 Å². The Morgan fingerprint density at radius 1 is 1.33 bits per heavy atom. The first-order chi connectivity index (χ1) is 12.8. The standard InChI is InChI=1S/C20H26N4O3/c1-12(2)27-20(26)22-17-8-13(3)24(14(4)25)18-7-6-15(9-16(17)18)19-10-21-11-23(19)5/h6-7,9-13,17H,8H2,1-5H3,(H,22,26)/t13-,17+/m0/s1. The molecule has 0 fully saturated rings. The number of aromatic nitrogens is 2. The molecule has 0 spiro atoms. The van der Waals surface area contributed by atoms with Gasteiger partial charge in [0.05, 0.1) is 30.4 Å². The maximum Gasteiger partial charge on any atom is 0.407 e. The molecule has 144 valence electrons. The van der Waals surface area contributed by atoms with Gasteiger partial charge in [0.2, 0.25) is 5.91 Å². The molecule has 2 atom stereocenters. The quantitative estimate of drug-likeness (QED) is 0.898. The van der Waals surface area contributed by atoms with Gasteiger partial charge in [0.1, 0.15) is 0 Å². The number of fused-ring (bicyclic) bond motifs is 1. The number of ether oxygens (including phenoxy) is 1. The summed E-state index contributed by atoms with van der Waals surface area (Å²) in [5.74, 6) is -0.0137. The fourth-order valence-corrected chi connectivity index (χ4v) is 3.67. The van der Waals surface area contributed by atoms with Gasteiger partial charge in [0.15, 0.2) is 0 Å². The fourth-order valence-electron chi connectivity index (χ4n) is 3.67. The summed E-state index contributed by atoms with van der Waals surface area (Å²) in [5.41, 5.74) is 3.68. The highest BCUT2D eigenvalue weighted by Gasteiger charge is 2.33. The summed E-state index contributed by atoms with van der Waals surface area (Å²) in [4.78, 5) is 30.4. The topological polar surface area (TPSA) is 76.5 Å². The van der Waals surface area contributed by atoms with Gasteiger partial charge >= 0.3 is 6.09 Å². The average molecular weight is 370 g/mol. The Balaban J connectivity index is 2.03. The van der Waals surface area contributed by atoms with E-state index in [1.165, 1.54) is 0 Å². The minimum Gasteiger partial charge on any atom is -0.447 e. The van der Waals surface area contributed by atoms with E-state index in [0.29, 0.717) is 6.42 Å². The van der Waals surface area contributed by atoms with E-state index >= 15 is 0 Å². The Morgan fingerprint density at radius 3 is 2.67 bits per heavy atom. The molecule has 27 heavy (non-hydrogen) atoms. The number of rotatable bonds is 3. The first-order valence-corrected chi connectivity index (χ1v) is 9.15. The summed E-state index contributed by atoms with van der Waals surface area (Å²) in [6.45, 7) is 7.18. The van der Waals surface area contributed by atoms with Gasteiger partial charge in [-0.3, -0.25) is 4.79 Å². The monoisotopic (exact) mass is 370 g/mol. The molecule has 2 aromatic rings. The molecule has 0 radical (unpaired) electrons. The second-order valence-corrected chi connectivity index (χ2v) is 7.29. The zero-order chi connectivity index (χ0) is 19.7. The van der Waals surface area contributed by atoms with Crippen LogP contribution in [-0.4, -0.2) is 33.7 Å². The average Bonchev–Trinajstić information content (AvgIpc) is 2.99. The maximum atomic E-state index is 12.2. The van der Waals surface area contributed by atoms with E-state index in [0.717, 1.165) is 22.5 Å². The molecule has 0 saturated heterocycles. The minimum absolute atomic E-state index is 0.0137. The number of imidazole rings is 1. The van der Waals surface area contributed by atoms with E-state index in [-0.39, 0.29) is 24.1 Å². The molecule has 7 heteroatoms. The van der Waals surface area contributed by atoms with Gasteiger partial charge in [-0.2, -0.15) is 0 Å². The molecular formula is C20H26N4O3. The van der Waals surface area contributed by atoms with Crippen molar-refractivity contribution in [2.75, 3.05) is 4.90 Å². The lowest BCUT2D eigenvalue weighted by molar-refractivity contribution is -0.117. The van der Waals surface area contributed by atoms with E-state index in [4.69, 9.17) is 4.74 Å². The Labute approximate surface area is 159 Å². The zero-order valence-electron chi connectivity index (χ0n) is 16.4. The largest absolute Gasteiger partial charge is 0.447 e. The highest BCUT2D eigenvalue weighted by Crippen LogP contribution is 2.39. The summed E-state index contributed by atoms with van der Waals surface area (Å²) in [7, 11) is 1.93. The van der Waals surface area contributed by atoms with Crippen LogP contribution in [0.25, 0.3) is 11.3 Å². The Bertz CT molecular complexity index is 859. The van der Waals surface area contributed by atoms with E-state index < -0.39 is 6.09 Å². The van der Waals surface area contributed by atoms with Crippen LogP contribution < -0.4 is 10.2 Å². The number of carbonyl (C=O) groups excluding carboxylic acids is 2. The third-order valence-corrected chi connectivity index (χ3v) is 4.77. The lowest BCUT2D eigenvalue weighted by Gasteiger charge is -2.39. The molecule has 3 rings (SSSR count). The number of nitrogens with zero attached hydrogens (tertiary/aromatic N) is 3. The molecule has 1 aromatic carbocycles. The first kappa shape index (κ1) is 18.9. The molecule has 0 unspecified atom stereocenters. The van der Waals surface area contributed by atoms with Crippen LogP contribution in [0.5, 0.6) is 0 Å². The van der Waals surface area contributed by atoms with E-state index in [9.17, 15) is 9.59 Å². The molecule has 7 nitrogen and oxygen atoms in total.